The zero-order chi connectivity index (χ0) is 23.8. The van der Waals surface area contributed by atoms with Gasteiger partial charge in [-0.2, -0.15) is 26.3 Å². The van der Waals surface area contributed by atoms with Gasteiger partial charge in [0, 0.05) is 24.7 Å². The number of anilines is 1. The highest BCUT2D eigenvalue weighted by atomic mass is 19.4. The van der Waals surface area contributed by atoms with E-state index >= 15 is 0 Å². The minimum Gasteiger partial charge on any atom is -0.395 e. The molecule has 0 aliphatic carbocycles. The van der Waals surface area contributed by atoms with Crippen LogP contribution in [0.15, 0.2) is 30.7 Å². The summed E-state index contributed by atoms with van der Waals surface area (Å²) in [6, 6.07) is 1.38. The Hall–Kier alpha value is -2.93. The number of benzene rings is 1. The number of aromatic nitrogens is 4. The summed E-state index contributed by atoms with van der Waals surface area (Å²) in [6.45, 7) is 2.04. The van der Waals surface area contributed by atoms with Crippen molar-refractivity contribution in [3.05, 3.63) is 41.9 Å². The molecule has 0 saturated carbocycles. The summed E-state index contributed by atoms with van der Waals surface area (Å²) < 4.78 is 81.4. The molecule has 3 aromatic rings. The predicted octanol–water partition coefficient (Wildman–Crippen LogP) is 3.70. The molecule has 1 atom stereocenters. The van der Waals surface area contributed by atoms with Crippen LogP contribution in [0.1, 0.15) is 24.0 Å². The van der Waals surface area contributed by atoms with Crippen molar-refractivity contribution in [1.29, 1.82) is 0 Å². The molecule has 4 rings (SSSR count). The number of fused-ring (bicyclic) bond motifs is 1. The molecular weight excluding hydrogens is 454 g/mol. The molecule has 2 aromatic heterocycles. The van der Waals surface area contributed by atoms with E-state index in [1.165, 1.54) is 16.9 Å². The third kappa shape index (κ3) is 4.88. The first-order valence-corrected chi connectivity index (χ1v) is 10.1. The number of aliphatic hydroxyl groups excluding tert-OH is 1. The number of rotatable bonds is 5. The molecule has 0 spiro atoms. The number of hydrogen-bond donors (Lipinski definition) is 2. The minimum absolute atomic E-state index is 0.0294. The zero-order valence-corrected chi connectivity index (χ0v) is 17.2. The average molecular weight is 474 g/mol. The molecule has 1 saturated heterocycles. The molecule has 1 aromatic carbocycles. The first kappa shape index (κ1) is 23.2. The Kier molecular flexibility index (Phi) is 6.18. The normalized spacial score (nSPS) is 18.1. The number of halogens is 6. The molecule has 0 bridgehead atoms. The number of aliphatic hydroxyl groups is 1. The van der Waals surface area contributed by atoms with Gasteiger partial charge in [-0.15, -0.1) is 10.2 Å². The van der Waals surface area contributed by atoms with Crippen LogP contribution in [0, 0.1) is 0 Å². The number of hydrogen-bond acceptors (Lipinski definition) is 6. The maximum atomic E-state index is 13.6. The Morgan fingerprint density at radius 1 is 1.09 bits per heavy atom. The summed E-state index contributed by atoms with van der Waals surface area (Å²) in [7, 11) is 0. The SMILES string of the molecule is OCCN1CCC[C@@H](Nc2nnc(-c3ccc(C(F)(F)F)cc3C(F)(F)F)c3cncn23)C1. The van der Waals surface area contributed by atoms with E-state index < -0.39 is 29.0 Å². The second-order valence-electron chi connectivity index (χ2n) is 7.78. The molecule has 2 N–H and O–H groups in total. The van der Waals surface area contributed by atoms with Gasteiger partial charge in [0.25, 0.3) is 0 Å². The summed E-state index contributed by atoms with van der Waals surface area (Å²) in [4.78, 5) is 6.05. The molecule has 13 heteroatoms. The molecule has 0 radical (unpaired) electrons. The highest BCUT2D eigenvalue weighted by Crippen LogP contribution is 2.41. The fraction of sp³-hybridized carbons (Fsp3) is 0.450. The van der Waals surface area contributed by atoms with Crippen molar-refractivity contribution in [2.45, 2.75) is 31.2 Å². The van der Waals surface area contributed by atoms with Crippen LogP contribution in [0.5, 0.6) is 0 Å². The van der Waals surface area contributed by atoms with Crippen LogP contribution >= 0.6 is 0 Å². The van der Waals surface area contributed by atoms with Gasteiger partial charge in [-0.3, -0.25) is 9.30 Å². The van der Waals surface area contributed by atoms with E-state index in [2.05, 4.69) is 25.4 Å². The Labute approximate surface area is 184 Å². The van der Waals surface area contributed by atoms with Gasteiger partial charge in [-0.1, -0.05) is 6.07 Å². The number of nitrogens with one attached hydrogen (secondary N) is 1. The van der Waals surface area contributed by atoms with Crippen molar-refractivity contribution >= 4 is 11.5 Å². The Morgan fingerprint density at radius 3 is 2.58 bits per heavy atom. The molecule has 1 aliphatic rings. The van der Waals surface area contributed by atoms with Crippen LogP contribution in [-0.4, -0.2) is 61.9 Å². The number of likely N-dealkylation sites (tertiary alicyclic amines) is 1. The summed E-state index contributed by atoms with van der Waals surface area (Å²) in [5.74, 6) is 0.252. The summed E-state index contributed by atoms with van der Waals surface area (Å²) in [5.41, 5.74) is -3.45. The summed E-state index contributed by atoms with van der Waals surface area (Å²) in [5, 5.41) is 20.3. The molecular formula is C20H20F6N6O. The lowest BCUT2D eigenvalue weighted by Crippen LogP contribution is -2.43. The van der Waals surface area contributed by atoms with E-state index in [0.29, 0.717) is 19.2 Å². The molecule has 3 heterocycles. The zero-order valence-electron chi connectivity index (χ0n) is 17.2. The lowest BCUT2D eigenvalue weighted by molar-refractivity contribution is -0.142. The second-order valence-corrected chi connectivity index (χ2v) is 7.78. The smallest absolute Gasteiger partial charge is 0.395 e. The lowest BCUT2D eigenvalue weighted by Gasteiger charge is -2.32. The van der Waals surface area contributed by atoms with Gasteiger partial charge in [0.1, 0.15) is 12.0 Å². The highest BCUT2D eigenvalue weighted by molar-refractivity contribution is 5.79. The van der Waals surface area contributed by atoms with Crippen LogP contribution in [-0.2, 0) is 12.4 Å². The van der Waals surface area contributed by atoms with E-state index in [0.717, 1.165) is 25.5 Å². The largest absolute Gasteiger partial charge is 0.417 e. The summed E-state index contributed by atoms with van der Waals surface area (Å²) >= 11 is 0. The van der Waals surface area contributed by atoms with Gasteiger partial charge in [0.05, 0.1) is 29.4 Å². The van der Waals surface area contributed by atoms with Crippen molar-refractivity contribution in [2.24, 2.45) is 0 Å². The summed E-state index contributed by atoms with van der Waals surface area (Å²) in [6.07, 6.45) is -5.62. The monoisotopic (exact) mass is 474 g/mol. The van der Waals surface area contributed by atoms with E-state index in [9.17, 15) is 26.3 Å². The van der Waals surface area contributed by atoms with Crippen molar-refractivity contribution in [3.63, 3.8) is 0 Å². The third-order valence-corrected chi connectivity index (χ3v) is 5.52. The maximum Gasteiger partial charge on any atom is 0.417 e. The van der Waals surface area contributed by atoms with E-state index in [1.807, 2.05) is 0 Å². The minimum atomic E-state index is -5.04. The highest BCUT2D eigenvalue weighted by Gasteiger charge is 2.39. The molecule has 33 heavy (non-hydrogen) atoms. The van der Waals surface area contributed by atoms with Gasteiger partial charge in [0.2, 0.25) is 5.95 Å². The fourth-order valence-electron chi connectivity index (χ4n) is 3.99. The van der Waals surface area contributed by atoms with Gasteiger partial charge >= 0.3 is 12.4 Å². The second kappa shape index (κ2) is 8.78. The number of alkyl halides is 6. The van der Waals surface area contributed by atoms with Crippen LogP contribution in [0.25, 0.3) is 16.8 Å². The van der Waals surface area contributed by atoms with E-state index in [1.54, 1.807) is 0 Å². The Balaban J connectivity index is 1.72. The van der Waals surface area contributed by atoms with E-state index in [4.69, 9.17) is 5.11 Å². The standard InChI is InChI=1S/C20H20F6N6O/c21-19(22,23)12-3-4-14(15(8-12)20(24,25)26)17-16-9-27-11-32(16)18(30-29-17)28-13-2-1-5-31(10-13)6-7-33/h3-4,8-9,11,13,33H,1-2,5-7,10H2,(H,28,30)/t13-/m1/s1. The van der Waals surface area contributed by atoms with E-state index in [-0.39, 0.29) is 35.9 Å². The Bertz CT molecular complexity index is 1130. The molecule has 1 fully saturated rings. The quantitative estimate of drug-likeness (QED) is 0.550. The number of nitrogens with zero attached hydrogens (tertiary/aromatic N) is 5. The Morgan fingerprint density at radius 2 is 1.88 bits per heavy atom. The van der Waals surface area contributed by atoms with Crippen molar-refractivity contribution in [1.82, 2.24) is 24.5 Å². The van der Waals surface area contributed by atoms with Crippen molar-refractivity contribution in [2.75, 3.05) is 31.6 Å². The van der Waals surface area contributed by atoms with Gasteiger partial charge in [-0.25, -0.2) is 4.98 Å². The van der Waals surface area contributed by atoms with Crippen molar-refractivity contribution in [3.8, 4) is 11.3 Å². The number of imidazole rings is 1. The maximum absolute atomic E-state index is 13.6. The fourth-order valence-corrected chi connectivity index (χ4v) is 3.99. The molecule has 7 nitrogen and oxygen atoms in total. The molecule has 0 unspecified atom stereocenters. The number of piperidine rings is 1. The first-order chi connectivity index (χ1) is 15.6. The van der Waals surface area contributed by atoms with Crippen LogP contribution in [0.2, 0.25) is 0 Å². The van der Waals surface area contributed by atoms with Gasteiger partial charge < -0.3 is 10.4 Å². The van der Waals surface area contributed by atoms with Crippen molar-refractivity contribution < 1.29 is 31.4 Å². The number of β-amino-alcohol motifs (C(OH)–C–C–N with tert-alkyl or cyclic N) is 1. The topological polar surface area (TPSA) is 78.6 Å². The average Bonchev–Trinajstić information content (AvgIpc) is 3.23. The van der Waals surface area contributed by atoms with Gasteiger partial charge in [-0.05, 0) is 31.5 Å². The molecule has 178 valence electrons. The van der Waals surface area contributed by atoms with Crippen LogP contribution < -0.4 is 5.32 Å². The first-order valence-electron chi connectivity index (χ1n) is 10.1. The lowest BCUT2D eigenvalue weighted by atomic mass is 10.00. The third-order valence-electron chi connectivity index (χ3n) is 5.52. The molecule has 1 aliphatic heterocycles. The predicted molar refractivity (Wildman–Crippen MR) is 106 cm³/mol. The van der Waals surface area contributed by atoms with Crippen LogP contribution in [0.4, 0.5) is 32.3 Å². The molecule has 0 amide bonds. The van der Waals surface area contributed by atoms with Crippen LogP contribution in [0.3, 0.4) is 0 Å². The van der Waals surface area contributed by atoms with Gasteiger partial charge in [0.15, 0.2) is 0 Å².